The molecule has 3 heterocycles. The molecule has 1 spiro atoms. The Morgan fingerprint density at radius 2 is 2.18 bits per heavy atom. The van der Waals surface area contributed by atoms with E-state index in [0.717, 1.165) is 37.1 Å². The molecular weight excluding hydrogens is 416 g/mol. The number of imidazole rings is 1. The van der Waals surface area contributed by atoms with Crippen LogP contribution in [-0.2, 0) is 9.53 Å². The minimum atomic E-state index is -0.0757. The summed E-state index contributed by atoms with van der Waals surface area (Å²) in [6.45, 7) is 1.32. The number of piperidine rings is 1. The van der Waals surface area contributed by atoms with Crippen LogP contribution in [0.1, 0.15) is 61.9 Å². The number of likely N-dealkylation sites (tertiary alicyclic amines) is 1. The van der Waals surface area contributed by atoms with E-state index in [1.807, 2.05) is 27.5 Å². The zero-order chi connectivity index (χ0) is 22.4. The van der Waals surface area contributed by atoms with Crippen LogP contribution >= 0.6 is 0 Å². The summed E-state index contributed by atoms with van der Waals surface area (Å²) in [6, 6.07) is 5.66. The number of carbonyl (C=O) groups is 2. The van der Waals surface area contributed by atoms with Crippen molar-refractivity contribution in [1.82, 2.24) is 14.3 Å². The van der Waals surface area contributed by atoms with Crippen LogP contribution in [0.3, 0.4) is 0 Å². The van der Waals surface area contributed by atoms with Gasteiger partial charge in [0.2, 0.25) is 5.91 Å². The highest BCUT2D eigenvalue weighted by atomic mass is 16.5. The lowest BCUT2D eigenvalue weighted by Gasteiger charge is -2.35. The number of anilines is 1. The van der Waals surface area contributed by atoms with Gasteiger partial charge >= 0.3 is 0 Å². The van der Waals surface area contributed by atoms with Gasteiger partial charge in [-0.25, -0.2) is 4.98 Å². The number of amides is 2. The van der Waals surface area contributed by atoms with Crippen LogP contribution in [0.15, 0.2) is 24.4 Å². The third-order valence-corrected chi connectivity index (χ3v) is 9.53. The summed E-state index contributed by atoms with van der Waals surface area (Å²) in [4.78, 5) is 32.7. The maximum Gasteiger partial charge on any atom is 0.274 e. The average molecular weight is 449 g/mol. The topological polar surface area (TPSA) is 75.9 Å². The molecule has 4 saturated carbocycles. The SMILES string of the molecule is COC1CCCN(C(=O)c2cn3c(NC(=O)CC45CC6C[C@@H]6C6(CC6C4)C5)cccc3n2)C1. The number of nitrogens with zero attached hydrogens (tertiary/aromatic N) is 3. The first kappa shape index (κ1) is 20.0. The number of carbonyl (C=O) groups excluding carboxylic acids is 2. The molecule has 1 saturated heterocycles. The van der Waals surface area contributed by atoms with E-state index in [0.29, 0.717) is 35.5 Å². The Kier molecular flexibility index (Phi) is 4.13. The van der Waals surface area contributed by atoms with Crippen molar-refractivity contribution >= 4 is 23.3 Å². The molecule has 174 valence electrons. The first-order valence-corrected chi connectivity index (χ1v) is 12.6. The second kappa shape index (κ2) is 6.81. The van der Waals surface area contributed by atoms with Crippen LogP contribution in [0.5, 0.6) is 0 Å². The predicted octanol–water partition coefficient (Wildman–Crippen LogP) is 3.74. The highest BCUT2D eigenvalue weighted by Gasteiger charge is 2.76. The number of rotatable bonds is 5. The molecule has 5 unspecified atom stereocenters. The lowest BCUT2D eigenvalue weighted by molar-refractivity contribution is -0.119. The van der Waals surface area contributed by atoms with Crippen molar-refractivity contribution in [2.24, 2.45) is 28.6 Å². The van der Waals surface area contributed by atoms with Crippen molar-refractivity contribution < 1.29 is 14.3 Å². The van der Waals surface area contributed by atoms with Gasteiger partial charge in [0.25, 0.3) is 5.91 Å². The monoisotopic (exact) mass is 448 g/mol. The molecule has 5 aliphatic rings. The van der Waals surface area contributed by atoms with Crippen LogP contribution in [0.2, 0.25) is 0 Å². The number of hydrogen-bond acceptors (Lipinski definition) is 4. The van der Waals surface area contributed by atoms with Crippen molar-refractivity contribution in [2.75, 3.05) is 25.5 Å². The molecule has 4 aliphatic carbocycles. The fourth-order valence-corrected chi connectivity index (χ4v) is 8.09. The quantitative estimate of drug-likeness (QED) is 0.756. The van der Waals surface area contributed by atoms with E-state index >= 15 is 0 Å². The van der Waals surface area contributed by atoms with Crippen molar-refractivity contribution in [2.45, 2.75) is 57.5 Å². The van der Waals surface area contributed by atoms with Gasteiger partial charge in [-0.15, -0.1) is 0 Å². The molecule has 33 heavy (non-hydrogen) atoms. The van der Waals surface area contributed by atoms with Crippen LogP contribution in [0.4, 0.5) is 5.82 Å². The Bertz CT molecular complexity index is 1160. The van der Waals surface area contributed by atoms with E-state index in [9.17, 15) is 9.59 Å². The van der Waals surface area contributed by atoms with Gasteiger partial charge in [0.1, 0.15) is 17.2 Å². The largest absolute Gasteiger partial charge is 0.380 e. The number of nitrogens with one attached hydrogen (secondary N) is 1. The van der Waals surface area contributed by atoms with Crippen LogP contribution < -0.4 is 5.32 Å². The van der Waals surface area contributed by atoms with Gasteiger partial charge in [-0.05, 0) is 85.7 Å². The second-order valence-electron chi connectivity index (χ2n) is 11.6. The van der Waals surface area contributed by atoms with Crippen molar-refractivity contribution in [3.05, 3.63) is 30.1 Å². The molecule has 2 aromatic heterocycles. The first-order chi connectivity index (χ1) is 16.0. The van der Waals surface area contributed by atoms with Gasteiger partial charge in [-0.1, -0.05) is 6.07 Å². The molecule has 2 aromatic rings. The molecule has 1 aliphatic heterocycles. The summed E-state index contributed by atoms with van der Waals surface area (Å²) in [7, 11) is 1.70. The third kappa shape index (κ3) is 3.07. The Labute approximate surface area is 193 Å². The van der Waals surface area contributed by atoms with E-state index in [4.69, 9.17) is 4.74 Å². The summed E-state index contributed by atoms with van der Waals surface area (Å²) in [6.07, 6.45) is 11.0. The minimum Gasteiger partial charge on any atom is -0.380 e. The Balaban J connectivity index is 1.08. The number of pyridine rings is 1. The summed E-state index contributed by atoms with van der Waals surface area (Å²) in [5.74, 6) is 3.47. The normalized spacial score (nSPS) is 38.0. The maximum atomic E-state index is 13.2. The maximum absolute atomic E-state index is 13.2. The molecule has 1 N–H and O–H groups in total. The number of aromatic nitrogens is 2. The Hall–Kier alpha value is -2.41. The summed E-state index contributed by atoms with van der Waals surface area (Å²) >= 11 is 0. The van der Waals surface area contributed by atoms with E-state index in [-0.39, 0.29) is 23.3 Å². The molecule has 7 rings (SSSR count). The number of fused-ring (bicyclic) bond motifs is 3. The lowest BCUT2D eigenvalue weighted by Crippen LogP contribution is -2.43. The molecule has 7 heteroatoms. The van der Waals surface area contributed by atoms with Crippen molar-refractivity contribution in [3.8, 4) is 0 Å². The fourth-order valence-electron chi connectivity index (χ4n) is 8.09. The predicted molar refractivity (Wildman–Crippen MR) is 123 cm³/mol. The molecule has 7 nitrogen and oxygen atoms in total. The molecular formula is C26H32N4O3. The van der Waals surface area contributed by atoms with E-state index in [2.05, 4.69) is 10.3 Å². The summed E-state index contributed by atoms with van der Waals surface area (Å²) < 4.78 is 7.30. The summed E-state index contributed by atoms with van der Waals surface area (Å²) in [5, 5.41) is 3.15. The Morgan fingerprint density at radius 1 is 1.27 bits per heavy atom. The Morgan fingerprint density at radius 3 is 3.06 bits per heavy atom. The van der Waals surface area contributed by atoms with Crippen LogP contribution in [0.25, 0.3) is 5.65 Å². The summed E-state index contributed by atoms with van der Waals surface area (Å²) in [5.41, 5.74) is 1.94. The van der Waals surface area contributed by atoms with E-state index < -0.39 is 0 Å². The smallest absolute Gasteiger partial charge is 0.274 e. The van der Waals surface area contributed by atoms with Gasteiger partial charge in [0.15, 0.2) is 0 Å². The van der Waals surface area contributed by atoms with E-state index in [1.54, 1.807) is 13.3 Å². The molecule has 6 atom stereocenters. The number of hydrogen-bond donors (Lipinski definition) is 1. The zero-order valence-corrected chi connectivity index (χ0v) is 19.3. The third-order valence-electron chi connectivity index (χ3n) is 9.53. The van der Waals surface area contributed by atoms with Gasteiger partial charge < -0.3 is 15.0 Å². The fraction of sp³-hybridized carbons (Fsp3) is 0.654. The van der Waals surface area contributed by atoms with Gasteiger partial charge in [0, 0.05) is 32.8 Å². The highest BCUT2D eigenvalue weighted by molar-refractivity contribution is 5.94. The van der Waals surface area contributed by atoms with Gasteiger partial charge in [-0.2, -0.15) is 0 Å². The zero-order valence-electron chi connectivity index (χ0n) is 19.3. The molecule has 0 radical (unpaired) electrons. The van der Waals surface area contributed by atoms with Crippen molar-refractivity contribution in [3.63, 3.8) is 0 Å². The minimum absolute atomic E-state index is 0.0757. The number of methoxy groups -OCH3 is 1. The molecule has 0 aromatic carbocycles. The van der Waals surface area contributed by atoms with Gasteiger partial charge in [-0.3, -0.25) is 14.0 Å². The van der Waals surface area contributed by atoms with Gasteiger partial charge in [0.05, 0.1) is 6.10 Å². The highest BCUT2D eigenvalue weighted by Crippen LogP contribution is 2.84. The van der Waals surface area contributed by atoms with Crippen molar-refractivity contribution in [1.29, 1.82) is 0 Å². The first-order valence-electron chi connectivity index (χ1n) is 12.6. The van der Waals surface area contributed by atoms with Crippen LogP contribution in [-0.4, -0.2) is 52.4 Å². The second-order valence-corrected chi connectivity index (χ2v) is 11.6. The van der Waals surface area contributed by atoms with E-state index in [1.165, 1.54) is 32.1 Å². The number of ether oxygens (including phenoxy) is 1. The standard InChI is InChI=1S/C26H32N4O3/c1-33-18-4-3-7-29(13-18)24(32)20-14-30-21(27-20)5-2-6-22(30)28-23(31)12-25-9-16-8-19(16)26(15-25)11-17(26)10-25/h2,5-6,14,16-19H,3-4,7-13,15H2,1H3,(H,28,31)/t16?,17?,18?,19-,25?,26?/m0/s1. The lowest BCUT2D eigenvalue weighted by atomic mass is 9.69. The molecule has 5 fully saturated rings. The molecule has 2 bridgehead atoms. The average Bonchev–Trinajstić information content (AvgIpc) is 3.64. The molecule has 2 amide bonds. The van der Waals surface area contributed by atoms with Crippen LogP contribution in [0, 0.1) is 28.6 Å².